The Labute approximate surface area is 201 Å². The molecule has 7 nitrogen and oxygen atoms in total. The number of hydrogen-bond acceptors (Lipinski definition) is 5. The van der Waals surface area contributed by atoms with Gasteiger partial charge in [0, 0.05) is 63.1 Å². The first-order chi connectivity index (χ1) is 15.8. The molecule has 33 heavy (non-hydrogen) atoms. The lowest BCUT2D eigenvalue weighted by atomic mass is 10.1. The lowest BCUT2D eigenvalue weighted by molar-refractivity contribution is -0.133. The van der Waals surface area contributed by atoms with Crippen molar-refractivity contribution < 1.29 is 13.2 Å². The summed E-state index contributed by atoms with van der Waals surface area (Å²) in [6.45, 7) is 9.56. The Bertz CT molecular complexity index is 1090. The van der Waals surface area contributed by atoms with Gasteiger partial charge in [0.25, 0.3) is 0 Å². The Morgan fingerprint density at radius 2 is 1.52 bits per heavy atom. The molecular weight excluding hydrogens is 460 g/mol. The summed E-state index contributed by atoms with van der Waals surface area (Å²) in [6.07, 6.45) is 0. The summed E-state index contributed by atoms with van der Waals surface area (Å²) in [7, 11) is -3.57. The molecule has 2 saturated heterocycles. The van der Waals surface area contributed by atoms with E-state index in [0.717, 1.165) is 26.2 Å². The van der Waals surface area contributed by atoms with Crippen molar-refractivity contribution in [2.75, 3.05) is 63.8 Å². The fourth-order valence-electron chi connectivity index (χ4n) is 4.45. The van der Waals surface area contributed by atoms with Crippen LogP contribution in [0.25, 0.3) is 0 Å². The molecule has 0 saturated carbocycles. The average Bonchev–Trinajstić information content (AvgIpc) is 2.82. The fraction of sp³-hybridized carbons (Fsp3) is 0.458. The Morgan fingerprint density at radius 3 is 2.15 bits per heavy atom. The van der Waals surface area contributed by atoms with Crippen LogP contribution in [0.15, 0.2) is 47.4 Å². The summed E-state index contributed by atoms with van der Waals surface area (Å²) in [4.78, 5) is 19.5. The number of aryl methyl sites for hydroxylation is 1. The van der Waals surface area contributed by atoms with Crippen molar-refractivity contribution in [3.8, 4) is 0 Å². The number of anilines is 1. The van der Waals surface area contributed by atoms with Crippen LogP contribution < -0.4 is 4.90 Å². The van der Waals surface area contributed by atoms with Crippen molar-refractivity contribution in [1.82, 2.24) is 14.1 Å². The second-order valence-corrected chi connectivity index (χ2v) is 11.1. The summed E-state index contributed by atoms with van der Waals surface area (Å²) in [6, 6.07) is 12.6. The van der Waals surface area contributed by atoms with Gasteiger partial charge in [0.05, 0.1) is 11.4 Å². The zero-order chi connectivity index (χ0) is 23.6. The van der Waals surface area contributed by atoms with E-state index >= 15 is 0 Å². The maximum absolute atomic E-state index is 12.9. The van der Waals surface area contributed by atoms with Gasteiger partial charge in [-0.15, -0.1) is 0 Å². The van der Waals surface area contributed by atoms with E-state index in [1.54, 1.807) is 17.0 Å². The van der Waals surface area contributed by atoms with Crippen molar-refractivity contribution in [3.05, 3.63) is 58.6 Å². The van der Waals surface area contributed by atoms with E-state index in [2.05, 4.69) is 41.8 Å². The Kier molecular flexibility index (Phi) is 7.28. The highest BCUT2D eigenvalue weighted by Gasteiger charge is 2.31. The molecule has 0 aromatic heterocycles. The van der Waals surface area contributed by atoms with Crippen LogP contribution in [-0.2, 0) is 14.8 Å². The quantitative estimate of drug-likeness (QED) is 0.644. The minimum Gasteiger partial charge on any atom is -0.369 e. The molecule has 1 amide bonds. The largest absolute Gasteiger partial charge is 0.369 e. The Morgan fingerprint density at radius 1 is 0.879 bits per heavy atom. The first-order valence-corrected chi connectivity index (χ1v) is 13.1. The van der Waals surface area contributed by atoms with Gasteiger partial charge in [-0.25, -0.2) is 8.42 Å². The lowest BCUT2D eigenvalue weighted by Gasteiger charge is -2.38. The third-order valence-corrected chi connectivity index (χ3v) is 8.86. The van der Waals surface area contributed by atoms with E-state index in [1.807, 2.05) is 0 Å². The summed E-state index contributed by atoms with van der Waals surface area (Å²) < 4.78 is 27.1. The van der Waals surface area contributed by atoms with E-state index < -0.39 is 10.0 Å². The number of rotatable bonds is 5. The number of halogens is 1. The normalized spacial score (nSPS) is 18.5. The topological polar surface area (TPSA) is 64.2 Å². The number of nitrogens with zero attached hydrogens (tertiary/aromatic N) is 4. The molecule has 9 heteroatoms. The summed E-state index contributed by atoms with van der Waals surface area (Å²) in [5, 5.41) is 0.499. The van der Waals surface area contributed by atoms with E-state index in [0.29, 0.717) is 37.7 Å². The van der Waals surface area contributed by atoms with Crippen LogP contribution in [0.1, 0.15) is 11.1 Å². The molecule has 2 aromatic rings. The van der Waals surface area contributed by atoms with Gasteiger partial charge in [0.1, 0.15) is 0 Å². The van der Waals surface area contributed by atoms with Gasteiger partial charge in [-0.05, 0) is 55.3 Å². The van der Waals surface area contributed by atoms with Gasteiger partial charge < -0.3 is 9.80 Å². The second-order valence-electron chi connectivity index (χ2n) is 8.72. The molecule has 0 bridgehead atoms. The molecule has 0 N–H and O–H groups in total. The maximum Gasteiger partial charge on any atom is 0.243 e. The summed E-state index contributed by atoms with van der Waals surface area (Å²) in [5.41, 5.74) is 3.88. The van der Waals surface area contributed by atoms with Gasteiger partial charge in [-0.3, -0.25) is 9.69 Å². The number of hydrogen-bond donors (Lipinski definition) is 0. The average molecular weight is 491 g/mol. The molecule has 178 valence electrons. The molecule has 0 radical (unpaired) electrons. The highest BCUT2D eigenvalue weighted by Crippen LogP contribution is 2.24. The van der Waals surface area contributed by atoms with Crippen LogP contribution in [0.5, 0.6) is 0 Å². The first kappa shape index (κ1) is 24.0. The van der Waals surface area contributed by atoms with E-state index in [-0.39, 0.29) is 10.8 Å². The first-order valence-electron chi connectivity index (χ1n) is 11.3. The van der Waals surface area contributed by atoms with Crippen molar-refractivity contribution in [3.63, 3.8) is 0 Å². The minimum absolute atomic E-state index is 0.0683. The van der Waals surface area contributed by atoms with Gasteiger partial charge >= 0.3 is 0 Å². The third kappa shape index (κ3) is 5.35. The minimum atomic E-state index is -3.57. The molecule has 2 aliphatic rings. The number of carbonyl (C=O) groups is 1. The van der Waals surface area contributed by atoms with E-state index in [4.69, 9.17) is 11.6 Å². The molecule has 0 unspecified atom stereocenters. The summed E-state index contributed by atoms with van der Waals surface area (Å²) in [5.74, 6) is 0.0683. The summed E-state index contributed by atoms with van der Waals surface area (Å²) >= 11 is 5.87. The predicted octanol–water partition coefficient (Wildman–Crippen LogP) is 2.61. The number of carbonyl (C=O) groups excluding carboxylic acids is 1. The van der Waals surface area contributed by atoms with Crippen LogP contribution in [0, 0.1) is 13.8 Å². The maximum atomic E-state index is 12.9. The fourth-order valence-corrected chi connectivity index (χ4v) is 6.00. The SMILES string of the molecule is Cc1cccc(N2CCN(CC(=O)N3CCN(S(=O)(=O)c4ccc(Cl)cc4)CC3)CC2)c1C. The Hall–Kier alpha value is -2.13. The third-order valence-electron chi connectivity index (χ3n) is 6.69. The zero-order valence-corrected chi connectivity index (χ0v) is 20.8. The molecular formula is C24H31ClN4O3S. The van der Waals surface area contributed by atoms with E-state index in [9.17, 15) is 13.2 Å². The predicted molar refractivity (Wildman–Crippen MR) is 131 cm³/mol. The molecule has 2 aliphatic heterocycles. The monoisotopic (exact) mass is 490 g/mol. The number of piperazine rings is 2. The van der Waals surface area contributed by atoms with Gasteiger partial charge in [-0.1, -0.05) is 23.7 Å². The van der Waals surface area contributed by atoms with Crippen LogP contribution in [0.3, 0.4) is 0 Å². The van der Waals surface area contributed by atoms with Crippen LogP contribution in [0.4, 0.5) is 5.69 Å². The lowest BCUT2D eigenvalue weighted by Crippen LogP contribution is -2.54. The molecule has 2 aromatic carbocycles. The van der Waals surface area contributed by atoms with Gasteiger partial charge in [-0.2, -0.15) is 4.31 Å². The van der Waals surface area contributed by atoms with Crippen molar-refractivity contribution in [2.24, 2.45) is 0 Å². The molecule has 0 spiro atoms. The highest BCUT2D eigenvalue weighted by atomic mass is 35.5. The van der Waals surface area contributed by atoms with E-state index in [1.165, 1.54) is 33.3 Å². The number of sulfonamides is 1. The molecule has 0 aliphatic carbocycles. The standard InChI is InChI=1S/C24H31ClN4O3S/c1-19-4-3-5-23(20(19)2)27-12-10-26(11-13-27)18-24(30)28-14-16-29(17-15-28)33(31,32)22-8-6-21(25)7-9-22/h3-9H,10-18H2,1-2H3. The molecule has 0 atom stereocenters. The van der Waals surface area contributed by atoms with Gasteiger partial charge in [0.2, 0.25) is 15.9 Å². The van der Waals surface area contributed by atoms with Crippen LogP contribution >= 0.6 is 11.6 Å². The smallest absolute Gasteiger partial charge is 0.243 e. The van der Waals surface area contributed by atoms with Crippen LogP contribution in [-0.4, -0.2) is 87.3 Å². The van der Waals surface area contributed by atoms with Crippen molar-refractivity contribution in [2.45, 2.75) is 18.7 Å². The number of amides is 1. The van der Waals surface area contributed by atoms with Crippen molar-refractivity contribution >= 4 is 33.2 Å². The van der Waals surface area contributed by atoms with Crippen molar-refractivity contribution in [1.29, 1.82) is 0 Å². The van der Waals surface area contributed by atoms with Gasteiger partial charge in [0.15, 0.2) is 0 Å². The Balaban J connectivity index is 1.27. The zero-order valence-electron chi connectivity index (χ0n) is 19.2. The number of benzene rings is 2. The second kappa shape index (κ2) is 10.0. The molecule has 4 rings (SSSR count). The molecule has 2 fully saturated rings. The molecule has 2 heterocycles. The highest BCUT2D eigenvalue weighted by molar-refractivity contribution is 7.89. The van der Waals surface area contributed by atoms with Crippen LogP contribution in [0.2, 0.25) is 5.02 Å².